The average molecular weight is 465 g/mol. The first-order valence-electron chi connectivity index (χ1n) is 10.2. The van der Waals surface area contributed by atoms with E-state index in [1.54, 1.807) is 61.1 Å². The highest BCUT2D eigenvalue weighted by atomic mass is 35.5. The van der Waals surface area contributed by atoms with Crippen molar-refractivity contribution in [1.29, 1.82) is 0 Å². The minimum atomic E-state index is -3.47. The Balaban J connectivity index is 1.36. The van der Waals surface area contributed by atoms with Gasteiger partial charge in [0.1, 0.15) is 5.78 Å². The van der Waals surface area contributed by atoms with Crippen LogP contribution < -0.4 is 0 Å². The van der Waals surface area contributed by atoms with Gasteiger partial charge in [0.15, 0.2) is 9.84 Å². The van der Waals surface area contributed by atoms with E-state index in [0.29, 0.717) is 30.0 Å². The lowest BCUT2D eigenvalue weighted by atomic mass is 10.0. The standard InChI is InChI=1S/C25H21ClN2O3S/c26-25-16-27-15-20-8-4-19(14-24(20)25)13-22(29)9-5-18-6-10-23(11-7-18)32(30,31)17-21-3-1-2-12-28-21/h1-4,6-8,10-12,14-16H,5,9,13,17H2. The van der Waals surface area contributed by atoms with Gasteiger partial charge in [-0.05, 0) is 47.9 Å². The van der Waals surface area contributed by atoms with Crippen molar-refractivity contribution in [3.05, 3.63) is 101 Å². The van der Waals surface area contributed by atoms with Crippen molar-refractivity contribution in [2.75, 3.05) is 0 Å². The number of nitrogens with zero attached hydrogens (tertiary/aromatic N) is 2. The van der Waals surface area contributed by atoms with Crippen LogP contribution in [0.4, 0.5) is 0 Å². The SMILES string of the molecule is O=C(CCc1ccc(S(=O)(=O)Cc2ccccn2)cc1)Cc1ccc2cncc(Cl)c2c1. The van der Waals surface area contributed by atoms with Crippen LogP contribution in [0.25, 0.3) is 10.8 Å². The maximum atomic E-state index is 12.6. The molecule has 2 aromatic heterocycles. The highest BCUT2D eigenvalue weighted by Crippen LogP contribution is 2.23. The van der Waals surface area contributed by atoms with Crippen molar-refractivity contribution >= 4 is 38.0 Å². The van der Waals surface area contributed by atoms with Crippen LogP contribution in [-0.2, 0) is 33.2 Å². The first-order chi connectivity index (χ1) is 15.4. The van der Waals surface area contributed by atoms with Crippen molar-refractivity contribution in [1.82, 2.24) is 9.97 Å². The molecule has 0 aliphatic rings. The van der Waals surface area contributed by atoms with E-state index < -0.39 is 9.84 Å². The molecule has 0 saturated carbocycles. The van der Waals surface area contributed by atoms with Gasteiger partial charge in [-0.2, -0.15) is 0 Å². The maximum Gasteiger partial charge on any atom is 0.184 e. The number of aromatic nitrogens is 2. The molecule has 32 heavy (non-hydrogen) atoms. The summed E-state index contributed by atoms with van der Waals surface area (Å²) in [5, 5.41) is 2.39. The van der Waals surface area contributed by atoms with Gasteiger partial charge in [0, 0.05) is 42.2 Å². The Kier molecular flexibility index (Phi) is 6.63. The summed E-state index contributed by atoms with van der Waals surface area (Å²) in [4.78, 5) is 20.9. The van der Waals surface area contributed by atoms with E-state index in [-0.39, 0.29) is 16.4 Å². The summed E-state index contributed by atoms with van der Waals surface area (Å²) >= 11 is 6.20. The van der Waals surface area contributed by atoms with E-state index in [9.17, 15) is 13.2 Å². The molecule has 0 aliphatic heterocycles. The zero-order valence-corrected chi connectivity index (χ0v) is 18.8. The molecule has 162 valence electrons. The molecular weight excluding hydrogens is 444 g/mol. The molecule has 5 nitrogen and oxygen atoms in total. The summed E-state index contributed by atoms with van der Waals surface area (Å²) in [6, 6.07) is 17.7. The number of benzene rings is 2. The summed E-state index contributed by atoms with van der Waals surface area (Å²) in [5.74, 6) is -0.0290. The Hall–Kier alpha value is -3.09. The third-order valence-corrected chi connectivity index (χ3v) is 7.18. The number of fused-ring (bicyclic) bond motifs is 1. The lowest BCUT2D eigenvalue weighted by molar-refractivity contribution is -0.118. The van der Waals surface area contributed by atoms with Gasteiger partial charge in [-0.25, -0.2) is 8.42 Å². The molecule has 7 heteroatoms. The van der Waals surface area contributed by atoms with Crippen LogP contribution in [0.3, 0.4) is 0 Å². The molecule has 4 rings (SSSR count). The average Bonchev–Trinajstić information content (AvgIpc) is 2.79. The number of ketones is 1. The zero-order chi connectivity index (χ0) is 22.6. The van der Waals surface area contributed by atoms with Crippen LogP contribution >= 0.6 is 11.6 Å². The highest BCUT2D eigenvalue weighted by molar-refractivity contribution is 7.90. The maximum absolute atomic E-state index is 12.6. The van der Waals surface area contributed by atoms with Crippen molar-refractivity contribution in [2.45, 2.75) is 29.9 Å². The first-order valence-corrected chi connectivity index (χ1v) is 12.2. The Labute approximate surface area is 192 Å². The summed E-state index contributed by atoms with van der Waals surface area (Å²) in [7, 11) is -3.47. The number of pyridine rings is 2. The number of hydrogen-bond donors (Lipinski definition) is 0. The van der Waals surface area contributed by atoms with Gasteiger partial charge in [0.05, 0.1) is 21.4 Å². The summed E-state index contributed by atoms with van der Waals surface area (Å²) in [6.07, 6.45) is 6.17. The first kappa shape index (κ1) is 22.1. The molecule has 0 unspecified atom stereocenters. The molecule has 0 spiro atoms. The molecular formula is C25H21ClN2O3S. The van der Waals surface area contributed by atoms with Gasteiger partial charge in [-0.15, -0.1) is 0 Å². The molecule has 0 saturated heterocycles. The Bertz CT molecular complexity index is 1360. The van der Waals surface area contributed by atoms with Crippen LogP contribution in [-0.4, -0.2) is 24.2 Å². The molecule has 0 N–H and O–H groups in total. The van der Waals surface area contributed by atoms with Crippen molar-refractivity contribution in [3.8, 4) is 0 Å². The molecule has 4 aromatic rings. The Morgan fingerprint density at radius 2 is 1.72 bits per heavy atom. The molecule has 0 aliphatic carbocycles. The van der Waals surface area contributed by atoms with E-state index in [1.165, 1.54) is 0 Å². The predicted molar refractivity (Wildman–Crippen MR) is 125 cm³/mol. The molecule has 2 heterocycles. The Morgan fingerprint density at radius 1 is 0.938 bits per heavy atom. The van der Waals surface area contributed by atoms with Gasteiger partial charge in [-0.1, -0.05) is 41.9 Å². The van der Waals surface area contributed by atoms with E-state index in [1.807, 2.05) is 18.2 Å². The highest BCUT2D eigenvalue weighted by Gasteiger charge is 2.16. The number of Topliss-reactive ketones (excluding diaryl/α,β-unsaturated/α-hetero) is 1. The summed E-state index contributed by atoms with van der Waals surface area (Å²) < 4.78 is 25.2. The number of aryl methyl sites for hydroxylation is 1. The number of hydrogen-bond acceptors (Lipinski definition) is 5. The lowest BCUT2D eigenvalue weighted by Crippen LogP contribution is -2.07. The second kappa shape index (κ2) is 9.59. The number of sulfone groups is 1. The minimum absolute atomic E-state index is 0.112. The smallest absolute Gasteiger partial charge is 0.184 e. The molecule has 0 atom stereocenters. The lowest BCUT2D eigenvalue weighted by Gasteiger charge is -2.07. The van der Waals surface area contributed by atoms with Gasteiger partial charge in [0.2, 0.25) is 0 Å². The number of halogens is 1. The third-order valence-electron chi connectivity index (χ3n) is 5.22. The second-order valence-corrected chi connectivity index (χ2v) is 10.0. The molecule has 0 bridgehead atoms. The molecule has 0 radical (unpaired) electrons. The van der Waals surface area contributed by atoms with E-state index in [0.717, 1.165) is 21.9 Å². The van der Waals surface area contributed by atoms with E-state index in [2.05, 4.69) is 9.97 Å². The van der Waals surface area contributed by atoms with Gasteiger partial charge in [-0.3, -0.25) is 14.8 Å². The number of carbonyl (C=O) groups excluding carboxylic acids is 1. The fourth-order valence-corrected chi connectivity index (χ4v) is 5.01. The third kappa shape index (κ3) is 5.39. The van der Waals surface area contributed by atoms with Crippen molar-refractivity contribution < 1.29 is 13.2 Å². The van der Waals surface area contributed by atoms with Crippen LogP contribution in [0.2, 0.25) is 5.02 Å². The van der Waals surface area contributed by atoms with Crippen LogP contribution in [0.15, 0.2) is 84.1 Å². The number of rotatable bonds is 8. The van der Waals surface area contributed by atoms with Crippen LogP contribution in [0.5, 0.6) is 0 Å². The van der Waals surface area contributed by atoms with E-state index in [4.69, 9.17) is 11.6 Å². The monoisotopic (exact) mass is 464 g/mol. The second-order valence-electron chi connectivity index (χ2n) is 7.62. The fraction of sp³-hybridized carbons (Fsp3) is 0.160. The van der Waals surface area contributed by atoms with Crippen molar-refractivity contribution in [2.24, 2.45) is 0 Å². The van der Waals surface area contributed by atoms with Gasteiger partial charge < -0.3 is 0 Å². The predicted octanol–water partition coefficient (Wildman–Crippen LogP) is 5.00. The number of carbonyl (C=O) groups is 1. The molecule has 2 aromatic carbocycles. The van der Waals surface area contributed by atoms with E-state index >= 15 is 0 Å². The molecule has 0 fully saturated rings. The molecule has 0 amide bonds. The van der Waals surface area contributed by atoms with Crippen LogP contribution in [0, 0.1) is 0 Å². The minimum Gasteiger partial charge on any atom is -0.299 e. The summed E-state index contributed by atoms with van der Waals surface area (Å²) in [6.45, 7) is 0. The Morgan fingerprint density at radius 3 is 2.47 bits per heavy atom. The zero-order valence-electron chi connectivity index (χ0n) is 17.2. The van der Waals surface area contributed by atoms with Gasteiger partial charge >= 0.3 is 0 Å². The van der Waals surface area contributed by atoms with Crippen molar-refractivity contribution in [3.63, 3.8) is 0 Å². The largest absolute Gasteiger partial charge is 0.299 e. The van der Waals surface area contributed by atoms with Crippen LogP contribution in [0.1, 0.15) is 23.2 Å². The topological polar surface area (TPSA) is 77.0 Å². The summed E-state index contributed by atoms with van der Waals surface area (Å²) in [5.41, 5.74) is 2.34. The fourth-order valence-electron chi connectivity index (χ4n) is 3.51. The van der Waals surface area contributed by atoms with Gasteiger partial charge in [0.25, 0.3) is 0 Å². The normalized spacial score (nSPS) is 11.5. The quantitative estimate of drug-likeness (QED) is 0.366.